The molecule has 35 heavy (non-hydrogen) atoms. The van der Waals surface area contributed by atoms with E-state index in [4.69, 9.17) is 11.5 Å². The molecule has 2 atom stereocenters. The number of carbonyl (C=O) groups excluding carboxylic acids is 1. The molecule has 14 heteroatoms. The molecule has 0 spiro atoms. The number of amides is 1. The SMILES string of the molecule is NCCC(C[C@H](NC(=O)c1ccc(NCc2cnc3nc(N)[nH]c(=O)c3n2)cc1)C(=O)O)C(=O)O. The molecule has 3 rings (SSSR count). The number of fused-ring (bicyclic) bond motifs is 1. The number of aliphatic carboxylic acids is 2. The number of nitrogen functional groups attached to an aromatic ring is 1. The molecule has 0 aliphatic rings. The lowest BCUT2D eigenvalue weighted by Gasteiger charge is -2.19. The van der Waals surface area contributed by atoms with Crippen LogP contribution in [0.5, 0.6) is 0 Å². The summed E-state index contributed by atoms with van der Waals surface area (Å²) >= 11 is 0. The molecular weight excluding hydrogens is 460 g/mol. The van der Waals surface area contributed by atoms with Crippen LogP contribution in [0, 0.1) is 5.92 Å². The Kier molecular flexibility index (Phi) is 7.88. The second kappa shape index (κ2) is 11.0. The number of aromatic amines is 1. The van der Waals surface area contributed by atoms with Gasteiger partial charge in [0.25, 0.3) is 11.5 Å². The number of nitrogens with one attached hydrogen (secondary N) is 3. The van der Waals surface area contributed by atoms with Gasteiger partial charge in [-0.3, -0.25) is 19.4 Å². The molecule has 3 aromatic rings. The maximum Gasteiger partial charge on any atom is 0.326 e. The first-order valence-corrected chi connectivity index (χ1v) is 10.5. The van der Waals surface area contributed by atoms with Gasteiger partial charge in [-0.15, -0.1) is 0 Å². The number of nitrogens with two attached hydrogens (primary N) is 2. The summed E-state index contributed by atoms with van der Waals surface area (Å²) in [5.41, 5.74) is 11.8. The highest BCUT2D eigenvalue weighted by molar-refractivity contribution is 5.97. The molecule has 1 amide bonds. The molecule has 2 aromatic heterocycles. The first-order valence-electron chi connectivity index (χ1n) is 10.5. The first kappa shape index (κ1) is 25.0. The Labute approximate surface area is 197 Å². The zero-order chi connectivity index (χ0) is 25.5. The Balaban J connectivity index is 1.63. The van der Waals surface area contributed by atoms with Crippen molar-refractivity contribution in [2.24, 2.45) is 11.7 Å². The van der Waals surface area contributed by atoms with Crippen molar-refractivity contribution in [3.05, 3.63) is 52.1 Å². The largest absolute Gasteiger partial charge is 0.481 e. The van der Waals surface area contributed by atoms with Gasteiger partial charge in [-0.1, -0.05) is 0 Å². The van der Waals surface area contributed by atoms with E-state index in [9.17, 15) is 29.4 Å². The molecule has 1 aromatic carbocycles. The summed E-state index contributed by atoms with van der Waals surface area (Å²) in [5.74, 6) is -4.22. The average Bonchev–Trinajstić information content (AvgIpc) is 2.82. The van der Waals surface area contributed by atoms with Crippen LogP contribution < -0.4 is 27.7 Å². The smallest absolute Gasteiger partial charge is 0.326 e. The fraction of sp³-hybridized carbons (Fsp3) is 0.286. The molecule has 184 valence electrons. The Morgan fingerprint density at radius 2 is 1.80 bits per heavy atom. The Morgan fingerprint density at radius 3 is 2.43 bits per heavy atom. The van der Waals surface area contributed by atoms with E-state index < -0.39 is 35.4 Å². The van der Waals surface area contributed by atoms with Gasteiger partial charge in [0.15, 0.2) is 11.2 Å². The number of anilines is 2. The van der Waals surface area contributed by atoms with E-state index in [2.05, 4.69) is 30.6 Å². The third kappa shape index (κ3) is 6.48. The van der Waals surface area contributed by atoms with Crippen molar-refractivity contribution < 1.29 is 24.6 Å². The van der Waals surface area contributed by atoms with Crippen LogP contribution in [0.2, 0.25) is 0 Å². The number of carbonyl (C=O) groups is 3. The number of benzene rings is 1. The minimum absolute atomic E-state index is 0.0510. The topological polar surface area (TPSA) is 239 Å². The highest BCUT2D eigenvalue weighted by Gasteiger charge is 2.28. The van der Waals surface area contributed by atoms with Crippen LogP contribution in [0.15, 0.2) is 35.3 Å². The molecular formula is C21H24N8O6. The number of nitrogens with zero attached hydrogens (tertiary/aromatic N) is 3. The summed E-state index contributed by atoms with van der Waals surface area (Å²) in [6.45, 7) is 0.301. The third-order valence-corrected chi connectivity index (χ3v) is 5.09. The fourth-order valence-electron chi connectivity index (χ4n) is 3.28. The predicted octanol–water partition coefficient (Wildman–Crippen LogP) is -0.470. The van der Waals surface area contributed by atoms with Gasteiger partial charge in [0.05, 0.1) is 24.4 Å². The van der Waals surface area contributed by atoms with E-state index in [0.717, 1.165) is 0 Å². The van der Waals surface area contributed by atoms with E-state index in [1.54, 1.807) is 12.1 Å². The molecule has 0 aliphatic carbocycles. The van der Waals surface area contributed by atoms with E-state index >= 15 is 0 Å². The van der Waals surface area contributed by atoms with Crippen molar-refractivity contribution in [2.45, 2.75) is 25.4 Å². The molecule has 1 unspecified atom stereocenters. The molecule has 9 N–H and O–H groups in total. The second-order valence-corrected chi connectivity index (χ2v) is 7.63. The van der Waals surface area contributed by atoms with Gasteiger partial charge in [-0.2, -0.15) is 4.98 Å². The normalized spacial score (nSPS) is 12.6. The predicted molar refractivity (Wildman–Crippen MR) is 124 cm³/mol. The van der Waals surface area contributed by atoms with Crippen LogP contribution in [0.4, 0.5) is 11.6 Å². The number of carboxylic acids is 2. The van der Waals surface area contributed by atoms with Crippen molar-refractivity contribution in [3.63, 3.8) is 0 Å². The number of hydrogen-bond acceptors (Lipinski definition) is 10. The molecule has 0 saturated heterocycles. The summed E-state index contributed by atoms with van der Waals surface area (Å²) in [7, 11) is 0. The van der Waals surface area contributed by atoms with Gasteiger partial charge in [-0.25, -0.2) is 14.8 Å². The lowest BCUT2D eigenvalue weighted by atomic mass is 9.96. The standard InChI is InChI=1S/C21H24N8O6/c22-6-5-11(19(32)33)7-14(20(34)35)27-17(30)10-1-3-12(4-2-10)24-8-13-9-25-16-15(26-13)18(31)29-21(23)28-16/h1-4,9,11,14,24H,5-8,22H2,(H,27,30)(H,32,33)(H,34,35)(H3,23,25,28,29,31)/t11?,14-/m0/s1. The van der Waals surface area contributed by atoms with E-state index in [-0.39, 0.29) is 48.6 Å². The Hall–Kier alpha value is -4.59. The number of carboxylic acid groups (broad SMARTS) is 2. The minimum Gasteiger partial charge on any atom is -0.481 e. The Bertz CT molecular complexity index is 1290. The van der Waals surface area contributed by atoms with Gasteiger partial charge in [0, 0.05) is 11.3 Å². The van der Waals surface area contributed by atoms with Gasteiger partial charge < -0.3 is 32.3 Å². The summed E-state index contributed by atoms with van der Waals surface area (Å²) in [6, 6.07) is 4.78. The monoisotopic (exact) mass is 484 g/mol. The average molecular weight is 484 g/mol. The first-order chi connectivity index (χ1) is 16.7. The number of rotatable bonds is 11. The van der Waals surface area contributed by atoms with E-state index in [0.29, 0.717) is 11.4 Å². The third-order valence-electron chi connectivity index (χ3n) is 5.09. The van der Waals surface area contributed by atoms with Gasteiger partial charge in [0.2, 0.25) is 5.95 Å². The molecule has 0 fully saturated rings. The summed E-state index contributed by atoms with van der Waals surface area (Å²) < 4.78 is 0. The molecule has 0 radical (unpaired) electrons. The molecule has 2 heterocycles. The van der Waals surface area contributed by atoms with Gasteiger partial charge in [-0.05, 0) is 43.7 Å². The van der Waals surface area contributed by atoms with E-state index in [1.807, 2.05) is 0 Å². The van der Waals surface area contributed by atoms with E-state index in [1.165, 1.54) is 18.3 Å². The number of aromatic nitrogens is 4. The highest BCUT2D eigenvalue weighted by atomic mass is 16.4. The summed E-state index contributed by atoms with van der Waals surface area (Å²) in [6.07, 6.45) is 1.25. The Morgan fingerprint density at radius 1 is 1.09 bits per heavy atom. The zero-order valence-electron chi connectivity index (χ0n) is 18.4. The molecule has 0 aliphatic heterocycles. The summed E-state index contributed by atoms with van der Waals surface area (Å²) in [5, 5.41) is 24.0. The maximum atomic E-state index is 12.5. The molecule has 14 nitrogen and oxygen atoms in total. The van der Waals surface area contributed by atoms with Crippen LogP contribution in [0.3, 0.4) is 0 Å². The lowest BCUT2D eigenvalue weighted by Crippen LogP contribution is -2.43. The van der Waals surface area contributed by atoms with Gasteiger partial charge in [0.1, 0.15) is 6.04 Å². The number of H-pyrrole nitrogens is 1. The van der Waals surface area contributed by atoms with Crippen LogP contribution in [0.1, 0.15) is 28.9 Å². The van der Waals surface area contributed by atoms with Crippen LogP contribution >= 0.6 is 0 Å². The van der Waals surface area contributed by atoms with Gasteiger partial charge >= 0.3 is 11.9 Å². The van der Waals surface area contributed by atoms with Crippen molar-refractivity contribution >= 4 is 40.6 Å². The fourth-order valence-corrected chi connectivity index (χ4v) is 3.28. The van der Waals surface area contributed by atoms with Crippen LogP contribution in [0.25, 0.3) is 11.2 Å². The van der Waals surface area contributed by atoms with Crippen LogP contribution in [-0.2, 0) is 16.1 Å². The second-order valence-electron chi connectivity index (χ2n) is 7.63. The minimum atomic E-state index is -1.38. The molecule has 0 bridgehead atoms. The number of hydrogen-bond donors (Lipinski definition) is 7. The summed E-state index contributed by atoms with van der Waals surface area (Å²) in [4.78, 5) is 61.9. The molecule has 0 saturated carbocycles. The highest BCUT2D eigenvalue weighted by Crippen LogP contribution is 2.14. The van der Waals surface area contributed by atoms with Crippen molar-refractivity contribution in [2.75, 3.05) is 17.6 Å². The van der Waals surface area contributed by atoms with Crippen molar-refractivity contribution in [3.8, 4) is 0 Å². The van der Waals surface area contributed by atoms with Crippen LogP contribution in [-0.4, -0.2) is 60.6 Å². The van der Waals surface area contributed by atoms with Crippen molar-refractivity contribution in [1.29, 1.82) is 0 Å². The van der Waals surface area contributed by atoms with Crippen molar-refractivity contribution in [1.82, 2.24) is 25.3 Å². The zero-order valence-corrected chi connectivity index (χ0v) is 18.4. The quantitative estimate of drug-likeness (QED) is 0.183. The lowest BCUT2D eigenvalue weighted by molar-refractivity contribution is -0.144. The maximum absolute atomic E-state index is 12.5.